The molecule has 0 aromatic rings. The normalized spacial score (nSPS) is 41.2. The standard InChI is InChI=1S/C12H20O3/c1-8(2)9-4-5-10(14-9)12(3)7-6-11(13)15-12/h8-10H,4-7H2,1-3H3/t9-,10+,12?/m0/s1. The second-order valence-electron chi connectivity index (χ2n) is 5.27. The molecule has 0 spiro atoms. The molecule has 0 N–H and O–H groups in total. The summed E-state index contributed by atoms with van der Waals surface area (Å²) in [5.41, 5.74) is -0.360. The molecule has 2 rings (SSSR count). The van der Waals surface area contributed by atoms with E-state index in [1.165, 1.54) is 0 Å². The van der Waals surface area contributed by atoms with Crippen molar-refractivity contribution in [3.05, 3.63) is 0 Å². The van der Waals surface area contributed by atoms with Crippen molar-refractivity contribution < 1.29 is 14.3 Å². The zero-order valence-electron chi connectivity index (χ0n) is 9.79. The highest BCUT2D eigenvalue weighted by atomic mass is 16.6. The van der Waals surface area contributed by atoms with E-state index in [1.54, 1.807) is 0 Å². The van der Waals surface area contributed by atoms with Crippen molar-refractivity contribution in [2.24, 2.45) is 5.92 Å². The third kappa shape index (κ3) is 2.03. The van der Waals surface area contributed by atoms with Crippen LogP contribution in [0.4, 0.5) is 0 Å². The maximum Gasteiger partial charge on any atom is 0.306 e. The first-order valence-electron chi connectivity index (χ1n) is 5.88. The molecule has 15 heavy (non-hydrogen) atoms. The Morgan fingerprint density at radius 1 is 1.40 bits per heavy atom. The van der Waals surface area contributed by atoms with Gasteiger partial charge >= 0.3 is 5.97 Å². The number of hydrogen-bond donors (Lipinski definition) is 0. The number of carbonyl (C=O) groups excluding carboxylic acids is 1. The largest absolute Gasteiger partial charge is 0.457 e. The van der Waals surface area contributed by atoms with Crippen molar-refractivity contribution in [3.8, 4) is 0 Å². The van der Waals surface area contributed by atoms with Crippen LogP contribution in [0.25, 0.3) is 0 Å². The third-order valence-corrected chi connectivity index (χ3v) is 3.65. The SMILES string of the molecule is CC(C)[C@@H]1CC[C@H](C2(C)CCC(=O)O2)O1. The molecule has 2 aliphatic rings. The van der Waals surface area contributed by atoms with Crippen LogP contribution in [0.3, 0.4) is 0 Å². The predicted octanol–water partition coefficient (Wildman–Crippen LogP) is 2.29. The number of esters is 1. The van der Waals surface area contributed by atoms with Gasteiger partial charge in [0.2, 0.25) is 0 Å². The molecule has 3 nitrogen and oxygen atoms in total. The van der Waals surface area contributed by atoms with E-state index in [1.807, 2.05) is 6.92 Å². The number of hydrogen-bond acceptors (Lipinski definition) is 3. The molecule has 0 bridgehead atoms. The highest BCUT2D eigenvalue weighted by Gasteiger charge is 2.47. The Morgan fingerprint density at radius 3 is 2.60 bits per heavy atom. The van der Waals surface area contributed by atoms with Crippen LogP contribution in [-0.2, 0) is 14.3 Å². The number of rotatable bonds is 2. The molecule has 0 amide bonds. The van der Waals surface area contributed by atoms with E-state index in [0.29, 0.717) is 18.4 Å². The van der Waals surface area contributed by atoms with Crippen LogP contribution in [0.1, 0.15) is 46.5 Å². The van der Waals surface area contributed by atoms with Gasteiger partial charge in [-0.05, 0) is 32.1 Å². The third-order valence-electron chi connectivity index (χ3n) is 3.65. The minimum absolute atomic E-state index is 0.0749. The second-order valence-corrected chi connectivity index (χ2v) is 5.27. The molecule has 0 aromatic heterocycles. The van der Waals surface area contributed by atoms with Gasteiger partial charge in [-0.3, -0.25) is 4.79 Å². The van der Waals surface area contributed by atoms with Crippen LogP contribution in [0.15, 0.2) is 0 Å². The fourth-order valence-electron chi connectivity index (χ4n) is 2.54. The summed E-state index contributed by atoms with van der Waals surface area (Å²) in [6.45, 7) is 6.36. The fraction of sp³-hybridized carbons (Fsp3) is 0.917. The minimum Gasteiger partial charge on any atom is -0.457 e. The fourth-order valence-corrected chi connectivity index (χ4v) is 2.54. The predicted molar refractivity (Wildman–Crippen MR) is 56.5 cm³/mol. The van der Waals surface area contributed by atoms with E-state index in [4.69, 9.17) is 9.47 Å². The molecule has 0 aliphatic carbocycles. The molecule has 3 atom stereocenters. The maximum absolute atomic E-state index is 11.2. The lowest BCUT2D eigenvalue weighted by atomic mass is 9.93. The Kier molecular flexibility index (Phi) is 2.75. The zero-order chi connectivity index (χ0) is 11.1. The Balaban J connectivity index is 1.98. The molecule has 2 fully saturated rings. The van der Waals surface area contributed by atoms with E-state index < -0.39 is 0 Å². The van der Waals surface area contributed by atoms with Crippen molar-refractivity contribution in [2.75, 3.05) is 0 Å². The van der Waals surface area contributed by atoms with Gasteiger partial charge in [0.05, 0.1) is 12.2 Å². The summed E-state index contributed by atoms with van der Waals surface area (Å²) in [6, 6.07) is 0. The Labute approximate surface area is 91.1 Å². The first-order valence-corrected chi connectivity index (χ1v) is 5.88. The van der Waals surface area contributed by atoms with Crippen molar-refractivity contribution in [1.29, 1.82) is 0 Å². The van der Waals surface area contributed by atoms with Crippen molar-refractivity contribution in [1.82, 2.24) is 0 Å². The molecular formula is C12H20O3. The summed E-state index contributed by atoms with van der Waals surface area (Å²) in [7, 11) is 0. The summed E-state index contributed by atoms with van der Waals surface area (Å²) >= 11 is 0. The molecule has 2 aliphatic heterocycles. The zero-order valence-corrected chi connectivity index (χ0v) is 9.79. The highest BCUT2D eigenvalue weighted by Crippen LogP contribution is 2.39. The summed E-state index contributed by atoms with van der Waals surface area (Å²) in [6.07, 6.45) is 3.91. The Bertz CT molecular complexity index is 262. The highest BCUT2D eigenvalue weighted by molar-refractivity contribution is 5.72. The van der Waals surface area contributed by atoms with E-state index in [0.717, 1.165) is 19.3 Å². The summed E-state index contributed by atoms with van der Waals surface area (Å²) in [4.78, 5) is 11.2. The average molecular weight is 212 g/mol. The average Bonchev–Trinajstić information content (AvgIpc) is 2.73. The summed E-state index contributed by atoms with van der Waals surface area (Å²) in [5, 5.41) is 0. The topological polar surface area (TPSA) is 35.5 Å². The molecular weight excluding hydrogens is 192 g/mol. The number of ether oxygens (including phenoxy) is 2. The van der Waals surface area contributed by atoms with Crippen LogP contribution in [0.2, 0.25) is 0 Å². The van der Waals surface area contributed by atoms with E-state index in [2.05, 4.69) is 13.8 Å². The lowest BCUT2D eigenvalue weighted by molar-refractivity contribution is -0.160. The van der Waals surface area contributed by atoms with E-state index in [9.17, 15) is 4.79 Å². The molecule has 86 valence electrons. The smallest absolute Gasteiger partial charge is 0.306 e. The Morgan fingerprint density at radius 2 is 2.13 bits per heavy atom. The van der Waals surface area contributed by atoms with Gasteiger partial charge in [-0.2, -0.15) is 0 Å². The lowest BCUT2D eigenvalue weighted by Gasteiger charge is -2.30. The number of carbonyl (C=O) groups is 1. The van der Waals surface area contributed by atoms with Gasteiger partial charge in [-0.15, -0.1) is 0 Å². The van der Waals surface area contributed by atoms with Crippen LogP contribution >= 0.6 is 0 Å². The van der Waals surface area contributed by atoms with Gasteiger partial charge in [-0.25, -0.2) is 0 Å². The molecule has 3 heteroatoms. The first-order chi connectivity index (χ1) is 7.01. The monoisotopic (exact) mass is 212 g/mol. The molecule has 2 heterocycles. The van der Waals surface area contributed by atoms with Crippen LogP contribution in [0, 0.1) is 5.92 Å². The van der Waals surface area contributed by atoms with Gasteiger partial charge in [-0.1, -0.05) is 13.8 Å². The minimum atomic E-state index is -0.360. The molecule has 1 unspecified atom stereocenters. The molecule has 0 aromatic carbocycles. The van der Waals surface area contributed by atoms with Gasteiger partial charge in [0.15, 0.2) is 0 Å². The van der Waals surface area contributed by atoms with E-state index in [-0.39, 0.29) is 17.7 Å². The number of cyclic esters (lactones) is 1. The summed E-state index contributed by atoms with van der Waals surface area (Å²) < 4.78 is 11.4. The molecule has 0 radical (unpaired) electrons. The summed E-state index contributed by atoms with van der Waals surface area (Å²) in [5.74, 6) is 0.477. The van der Waals surface area contributed by atoms with Crippen LogP contribution in [0.5, 0.6) is 0 Å². The second kappa shape index (κ2) is 3.78. The molecule has 2 saturated heterocycles. The van der Waals surface area contributed by atoms with Crippen LogP contribution in [-0.4, -0.2) is 23.8 Å². The lowest BCUT2D eigenvalue weighted by Crippen LogP contribution is -2.39. The van der Waals surface area contributed by atoms with Gasteiger partial charge in [0, 0.05) is 6.42 Å². The van der Waals surface area contributed by atoms with Crippen molar-refractivity contribution >= 4 is 5.97 Å². The Hall–Kier alpha value is -0.570. The van der Waals surface area contributed by atoms with Gasteiger partial charge in [0.25, 0.3) is 0 Å². The van der Waals surface area contributed by atoms with Crippen LogP contribution < -0.4 is 0 Å². The van der Waals surface area contributed by atoms with Gasteiger partial charge < -0.3 is 9.47 Å². The molecule has 0 saturated carbocycles. The van der Waals surface area contributed by atoms with Gasteiger partial charge in [0.1, 0.15) is 5.60 Å². The quantitative estimate of drug-likeness (QED) is 0.659. The van der Waals surface area contributed by atoms with Crippen molar-refractivity contribution in [3.63, 3.8) is 0 Å². The first kappa shape index (κ1) is 10.9. The van der Waals surface area contributed by atoms with Crippen molar-refractivity contribution in [2.45, 2.75) is 64.3 Å². The maximum atomic E-state index is 11.2. The van der Waals surface area contributed by atoms with E-state index >= 15 is 0 Å².